The van der Waals surface area contributed by atoms with Crippen LogP contribution in [0.5, 0.6) is 5.75 Å². The standard InChI is InChI=1S/C10H12N4O/c1-15-10-6-8(7-11)2-3-9(10)14-12-4-5-13-14/h2-6H,7,11H2,1H3. The highest BCUT2D eigenvalue weighted by Crippen LogP contribution is 2.22. The van der Waals surface area contributed by atoms with E-state index in [9.17, 15) is 0 Å². The maximum Gasteiger partial charge on any atom is 0.146 e. The van der Waals surface area contributed by atoms with Crippen LogP contribution in [-0.4, -0.2) is 22.1 Å². The zero-order valence-corrected chi connectivity index (χ0v) is 8.42. The van der Waals surface area contributed by atoms with Crippen molar-refractivity contribution in [3.05, 3.63) is 36.2 Å². The highest BCUT2D eigenvalue weighted by Gasteiger charge is 2.06. The predicted octanol–water partition coefficient (Wildman–Crippen LogP) is 0.735. The van der Waals surface area contributed by atoms with Gasteiger partial charge in [0.15, 0.2) is 0 Å². The minimum atomic E-state index is 0.489. The third-order valence-electron chi connectivity index (χ3n) is 2.11. The van der Waals surface area contributed by atoms with Crippen LogP contribution in [0.25, 0.3) is 5.69 Å². The molecular formula is C10H12N4O. The molecule has 0 fully saturated rings. The van der Waals surface area contributed by atoms with E-state index in [0.29, 0.717) is 12.3 Å². The Bertz CT molecular complexity index is 439. The molecule has 0 aliphatic heterocycles. The van der Waals surface area contributed by atoms with Gasteiger partial charge in [-0.2, -0.15) is 10.2 Å². The van der Waals surface area contributed by atoms with Gasteiger partial charge in [-0.05, 0) is 17.7 Å². The lowest BCUT2D eigenvalue weighted by molar-refractivity contribution is 0.409. The Morgan fingerprint density at radius 3 is 2.67 bits per heavy atom. The largest absolute Gasteiger partial charge is 0.494 e. The van der Waals surface area contributed by atoms with Crippen LogP contribution in [0.3, 0.4) is 0 Å². The summed E-state index contributed by atoms with van der Waals surface area (Å²) in [5, 5.41) is 8.09. The minimum Gasteiger partial charge on any atom is -0.494 e. The van der Waals surface area contributed by atoms with Crippen molar-refractivity contribution in [1.29, 1.82) is 0 Å². The molecule has 1 aromatic carbocycles. The van der Waals surface area contributed by atoms with Crippen LogP contribution in [0.15, 0.2) is 30.6 Å². The molecule has 0 radical (unpaired) electrons. The fraction of sp³-hybridized carbons (Fsp3) is 0.200. The summed E-state index contributed by atoms with van der Waals surface area (Å²) in [6, 6.07) is 5.71. The van der Waals surface area contributed by atoms with Gasteiger partial charge >= 0.3 is 0 Å². The van der Waals surface area contributed by atoms with Crippen LogP contribution in [0.2, 0.25) is 0 Å². The lowest BCUT2D eigenvalue weighted by Crippen LogP contribution is -2.03. The van der Waals surface area contributed by atoms with E-state index in [2.05, 4.69) is 10.2 Å². The minimum absolute atomic E-state index is 0.489. The molecule has 0 unspecified atom stereocenters. The van der Waals surface area contributed by atoms with Gasteiger partial charge in [0.2, 0.25) is 0 Å². The summed E-state index contributed by atoms with van der Waals surface area (Å²) in [4.78, 5) is 1.51. The van der Waals surface area contributed by atoms with Crippen LogP contribution in [0, 0.1) is 0 Å². The first-order chi connectivity index (χ1) is 7.35. The quantitative estimate of drug-likeness (QED) is 0.800. The van der Waals surface area contributed by atoms with E-state index in [4.69, 9.17) is 10.5 Å². The molecule has 0 amide bonds. The van der Waals surface area contributed by atoms with Gasteiger partial charge in [0.25, 0.3) is 0 Å². The first-order valence-corrected chi connectivity index (χ1v) is 4.59. The summed E-state index contributed by atoms with van der Waals surface area (Å²) in [6.07, 6.45) is 3.24. The fourth-order valence-electron chi connectivity index (χ4n) is 1.35. The number of aromatic nitrogens is 3. The summed E-state index contributed by atoms with van der Waals surface area (Å²) < 4.78 is 5.26. The van der Waals surface area contributed by atoms with Gasteiger partial charge in [0.05, 0.1) is 19.5 Å². The number of benzene rings is 1. The summed E-state index contributed by atoms with van der Waals surface area (Å²) in [5.41, 5.74) is 7.37. The first kappa shape index (κ1) is 9.67. The van der Waals surface area contributed by atoms with Crippen molar-refractivity contribution in [2.75, 3.05) is 7.11 Å². The van der Waals surface area contributed by atoms with Crippen molar-refractivity contribution in [3.8, 4) is 11.4 Å². The van der Waals surface area contributed by atoms with Crippen LogP contribution < -0.4 is 10.5 Å². The molecule has 1 aromatic heterocycles. The van der Waals surface area contributed by atoms with Gasteiger partial charge in [0.1, 0.15) is 11.4 Å². The van der Waals surface area contributed by atoms with E-state index in [1.54, 1.807) is 19.5 Å². The van der Waals surface area contributed by atoms with Crippen LogP contribution in [0.4, 0.5) is 0 Å². The zero-order valence-electron chi connectivity index (χ0n) is 8.42. The van der Waals surface area contributed by atoms with Crippen molar-refractivity contribution in [1.82, 2.24) is 15.0 Å². The Hall–Kier alpha value is -1.88. The van der Waals surface area contributed by atoms with Crippen molar-refractivity contribution >= 4 is 0 Å². The van der Waals surface area contributed by atoms with E-state index in [1.165, 1.54) is 4.80 Å². The third-order valence-corrected chi connectivity index (χ3v) is 2.11. The van der Waals surface area contributed by atoms with Crippen molar-refractivity contribution in [3.63, 3.8) is 0 Å². The molecule has 0 atom stereocenters. The van der Waals surface area contributed by atoms with Gasteiger partial charge in [-0.1, -0.05) is 6.07 Å². The number of ether oxygens (including phenoxy) is 1. The molecule has 0 aliphatic carbocycles. The van der Waals surface area contributed by atoms with Crippen molar-refractivity contribution in [2.24, 2.45) is 5.73 Å². The molecule has 2 rings (SSSR count). The predicted molar refractivity (Wildman–Crippen MR) is 55.8 cm³/mol. The van der Waals surface area contributed by atoms with E-state index < -0.39 is 0 Å². The SMILES string of the molecule is COc1cc(CN)ccc1-n1nccn1. The lowest BCUT2D eigenvalue weighted by Gasteiger charge is -2.08. The molecule has 1 heterocycles. The monoisotopic (exact) mass is 204 g/mol. The normalized spacial score (nSPS) is 10.3. The molecule has 2 aromatic rings. The smallest absolute Gasteiger partial charge is 0.146 e. The highest BCUT2D eigenvalue weighted by molar-refractivity contribution is 5.47. The Kier molecular flexibility index (Phi) is 2.64. The average Bonchev–Trinajstić information content (AvgIpc) is 2.81. The third kappa shape index (κ3) is 1.82. The summed E-state index contributed by atoms with van der Waals surface area (Å²) in [7, 11) is 1.61. The molecule has 0 saturated carbocycles. The Morgan fingerprint density at radius 2 is 2.07 bits per heavy atom. The number of hydrogen-bond donors (Lipinski definition) is 1. The fourth-order valence-corrected chi connectivity index (χ4v) is 1.35. The number of nitrogens with two attached hydrogens (primary N) is 1. The molecule has 2 N–H and O–H groups in total. The van der Waals surface area contributed by atoms with Crippen molar-refractivity contribution in [2.45, 2.75) is 6.54 Å². The van der Waals surface area contributed by atoms with E-state index in [1.807, 2.05) is 18.2 Å². The Labute approximate surface area is 87.5 Å². The molecule has 15 heavy (non-hydrogen) atoms. The van der Waals surface area contributed by atoms with E-state index in [0.717, 1.165) is 11.3 Å². The summed E-state index contributed by atoms with van der Waals surface area (Å²) in [5.74, 6) is 0.717. The molecule has 78 valence electrons. The molecule has 5 nitrogen and oxygen atoms in total. The average molecular weight is 204 g/mol. The number of methoxy groups -OCH3 is 1. The van der Waals surface area contributed by atoms with Gasteiger partial charge < -0.3 is 10.5 Å². The molecule has 0 aliphatic rings. The van der Waals surface area contributed by atoms with Gasteiger partial charge in [-0.3, -0.25) is 0 Å². The zero-order chi connectivity index (χ0) is 10.7. The first-order valence-electron chi connectivity index (χ1n) is 4.59. The Balaban J connectivity index is 2.48. The summed E-state index contributed by atoms with van der Waals surface area (Å²) >= 11 is 0. The number of nitrogens with zero attached hydrogens (tertiary/aromatic N) is 3. The summed E-state index contributed by atoms with van der Waals surface area (Å²) in [6.45, 7) is 0.489. The Morgan fingerprint density at radius 1 is 1.33 bits per heavy atom. The maximum atomic E-state index is 5.55. The molecule has 0 bridgehead atoms. The van der Waals surface area contributed by atoms with E-state index >= 15 is 0 Å². The topological polar surface area (TPSA) is 66.0 Å². The van der Waals surface area contributed by atoms with Crippen LogP contribution in [-0.2, 0) is 6.54 Å². The molecular weight excluding hydrogens is 192 g/mol. The number of hydrogen-bond acceptors (Lipinski definition) is 4. The number of rotatable bonds is 3. The van der Waals surface area contributed by atoms with Gasteiger partial charge in [-0.15, -0.1) is 4.80 Å². The second-order valence-corrected chi connectivity index (χ2v) is 3.03. The second kappa shape index (κ2) is 4.10. The highest BCUT2D eigenvalue weighted by atomic mass is 16.5. The van der Waals surface area contributed by atoms with Gasteiger partial charge in [0, 0.05) is 6.54 Å². The molecule has 0 spiro atoms. The lowest BCUT2D eigenvalue weighted by atomic mass is 10.2. The van der Waals surface area contributed by atoms with Gasteiger partial charge in [-0.25, -0.2) is 0 Å². The maximum absolute atomic E-state index is 5.55. The molecule has 5 heteroatoms. The van der Waals surface area contributed by atoms with Crippen LogP contribution >= 0.6 is 0 Å². The van der Waals surface area contributed by atoms with Crippen LogP contribution in [0.1, 0.15) is 5.56 Å². The van der Waals surface area contributed by atoms with E-state index in [-0.39, 0.29) is 0 Å². The second-order valence-electron chi connectivity index (χ2n) is 3.03. The van der Waals surface area contributed by atoms with Crippen molar-refractivity contribution < 1.29 is 4.74 Å². The molecule has 0 saturated heterocycles.